The fourth-order valence-electron chi connectivity index (χ4n) is 2.85. The third kappa shape index (κ3) is 3.45. The second kappa shape index (κ2) is 6.47. The summed E-state index contributed by atoms with van der Waals surface area (Å²) in [6.45, 7) is 0. The molecule has 20 heavy (non-hydrogen) atoms. The summed E-state index contributed by atoms with van der Waals surface area (Å²) in [6, 6.07) is 8.54. The maximum atomic E-state index is 9.13. The number of ether oxygens (including phenoxy) is 1. The summed E-state index contributed by atoms with van der Waals surface area (Å²) in [5.74, 6) is 1.50. The highest BCUT2D eigenvalue weighted by molar-refractivity contribution is 5.85. The van der Waals surface area contributed by atoms with Crippen LogP contribution in [0.5, 0.6) is 5.75 Å². The van der Waals surface area contributed by atoms with Crippen LogP contribution >= 0.6 is 12.4 Å². The first-order valence-corrected chi connectivity index (χ1v) is 7.22. The van der Waals surface area contributed by atoms with E-state index in [4.69, 9.17) is 15.7 Å². The van der Waals surface area contributed by atoms with Gasteiger partial charge in [-0.05, 0) is 68.2 Å². The van der Waals surface area contributed by atoms with E-state index in [2.05, 4.69) is 12.1 Å². The third-order valence-corrected chi connectivity index (χ3v) is 4.18. The van der Waals surface area contributed by atoms with Gasteiger partial charge in [-0.15, -0.1) is 12.4 Å². The maximum absolute atomic E-state index is 9.13. The molecule has 0 radical (unpaired) electrons. The largest absolute Gasteiger partial charge is 0.490 e. The summed E-state index contributed by atoms with van der Waals surface area (Å²) in [6.07, 6.45) is 6.89. The molecule has 1 aromatic carbocycles. The number of hydrogen-bond acceptors (Lipinski definition) is 3. The molecule has 0 atom stereocenters. The highest BCUT2D eigenvalue weighted by atomic mass is 35.5. The van der Waals surface area contributed by atoms with Gasteiger partial charge in [0.15, 0.2) is 0 Å². The van der Waals surface area contributed by atoms with Crippen LogP contribution in [0, 0.1) is 11.3 Å². The molecule has 2 fully saturated rings. The van der Waals surface area contributed by atoms with Gasteiger partial charge in [-0.3, -0.25) is 0 Å². The molecule has 0 saturated heterocycles. The lowest BCUT2D eigenvalue weighted by atomic mass is 9.93. The van der Waals surface area contributed by atoms with Gasteiger partial charge in [-0.25, -0.2) is 0 Å². The molecule has 2 saturated carbocycles. The van der Waals surface area contributed by atoms with Crippen LogP contribution in [0.25, 0.3) is 0 Å². The summed E-state index contributed by atoms with van der Waals surface area (Å²) < 4.78 is 6.06. The first-order valence-electron chi connectivity index (χ1n) is 7.22. The second-order valence-corrected chi connectivity index (χ2v) is 5.79. The number of nitrogens with zero attached hydrogens (tertiary/aromatic N) is 1. The molecular weight excluding hydrogens is 272 g/mol. The minimum atomic E-state index is 0. The van der Waals surface area contributed by atoms with Gasteiger partial charge in [0.25, 0.3) is 0 Å². The van der Waals surface area contributed by atoms with Gasteiger partial charge >= 0.3 is 0 Å². The second-order valence-electron chi connectivity index (χ2n) is 5.79. The molecule has 0 aromatic heterocycles. The molecule has 3 rings (SSSR count). The highest BCUT2D eigenvalue weighted by Crippen LogP contribution is 2.42. The van der Waals surface area contributed by atoms with Gasteiger partial charge in [0, 0.05) is 6.04 Å². The Morgan fingerprint density at radius 1 is 1.10 bits per heavy atom. The van der Waals surface area contributed by atoms with Gasteiger partial charge in [0.05, 0.1) is 17.7 Å². The molecule has 2 N–H and O–H groups in total. The van der Waals surface area contributed by atoms with Gasteiger partial charge < -0.3 is 10.5 Å². The normalized spacial score (nSPS) is 25.4. The molecular formula is C16H21ClN2O. The van der Waals surface area contributed by atoms with E-state index in [1.54, 1.807) is 0 Å². The summed E-state index contributed by atoms with van der Waals surface area (Å²) in [5, 5.41) is 9.13. The van der Waals surface area contributed by atoms with Crippen molar-refractivity contribution in [3.8, 4) is 11.8 Å². The van der Waals surface area contributed by atoms with E-state index in [1.807, 2.05) is 12.1 Å². The van der Waals surface area contributed by atoms with Crippen LogP contribution in [-0.4, -0.2) is 12.1 Å². The molecule has 1 aromatic rings. The van der Waals surface area contributed by atoms with Crippen molar-refractivity contribution >= 4 is 12.4 Å². The van der Waals surface area contributed by atoms with Crippen molar-refractivity contribution in [2.24, 2.45) is 5.73 Å². The van der Waals surface area contributed by atoms with Gasteiger partial charge in [0.1, 0.15) is 5.75 Å². The molecule has 3 nitrogen and oxygen atoms in total. The van der Waals surface area contributed by atoms with E-state index in [-0.39, 0.29) is 12.4 Å². The van der Waals surface area contributed by atoms with Crippen LogP contribution in [0.1, 0.15) is 55.6 Å². The quantitative estimate of drug-likeness (QED) is 0.927. The van der Waals surface area contributed by atoms with Crippen LogP contribution < -0.4 is 10.5 Å². The van der Waals surface area contributed by atoms with Gasteiger partial charge in [-0.2, -0.15) is 5.26 Å². The zero-order valence-corrected chi connectivity index (χ0v) is 12.4. The Labute approximate surface area is 126 Å². The van der Waals surface area contributed by atoms with E-state index < -0.39 is 0 Å². The van der Waals surface area contributed by atoms with Crippen molar-refractivity contribution in [1.29, 1.82) is 5.26 Å². The van der Waals surface area contributed by atoms with E-state index in [9.17, 15) is 0 Å². The van der Waals surface area contributed by atoms with Crippen molar-refractivity contribution in [3.63, 3.8) is 0 Å². The molecule has 0 bridgehead atoms. The average molecular weight is 293 g/mol. The number of benzene rings is 1. The fourth-order valence-corrected chi connectivity index (χ4v) is 2.85. The van der Waals surface area contributed by atoms with E-state index in [0.29, 0.717) is 18.1 Å². The number of hydrogen-bond donors (Lipinski definition) is 1. The lowest BCUT2D eigenvalue weighted by Gasteiger charge is -2.27. The third-order valence-electron chi connectivity index (χ3n) is 4.18. The van der Waals surface area contributed by atoms with Gasteiger partial charge in [0.2, 0.25) is 0 Å². The Kier molecular flexibility index (Phi) is 4.91. The Balaban J connectivity index is 0.00000147. The zero-order valence-electron chi connectivity index (χ0n) is 11.5. The molecule has 2 aliphatic rings. The van der Waals surface area contributed by atoms with Gasteiger partial charge in [-0.1, -0.05) is 0 Å². The lowest BCUT2D eigenvalue weighted by molar-refractivity contribution is 0.147. The molecule has 0 unspecified atom stereocenters. The van der Waals surface area contributed by atoms with Crippen molar-refractivity contribution in [2.45, 2.75) is 56.6 Å². The zero-order chi connectivity index (χ0) is 13.2. The van der Waals surface area contributed by atoms with Crippen molar-refractivity contribution in [2.75, 3.05) is 0 Å². The SMILES string of the molecule is Cl.N#Cc1ccc(OC2CCC(N)CC2)cc1C1CC1. The Morgan fingerprint density at radius 3 is 2.40 bits per heavy atom. The average Bonchev–Trinajstić information content (AvgIpc) is 3.26. The predicted molar refractivity (Wildman–Crippen MR) is 81.2 cm³/mol. The Hall–Kier alpha value is -1.24. The molecule has 108 valence electrons. The molecule has 0 amide bonds. The molecule has 0 aliphatic heterocycles. The molecule has 2 aliphatic carbocycles. The molecule has 0 spiro atoms. The van der Waals surface area contributed by atoms with Crippen molar-refractivity contribution < 1.29 is 4.74 Å². The Bertz CT molecular complexity index is 500. The van der Waals surface area contributed by atoms with E-state index in [1.165, 1.54) is 18.4 Å². The highest BCUT2D eigenvalue weighted by Gasteiger charge is 2.27. The minimum absolute atomic E-state index is 0. The summed E-state index contributed by atoms with van der Waals surface area (Å²) >= 11 is 0. The minimum Gasteiger partial charge on any atom is -0.490 e. The fraction of sp³-hybridized carbons (Fsp3) is 0.562. The molecule has 4 heteroatoms. The predicted octanol–water partition coefficient (Wildman–Crippen LogP) is 3.51. The lowest BCUT2D eigenvalue weighted by Crippen LogP contribution is -2.31. The number of rotatable bonds is 3. The van der Waals surface area contributed by atoms with Crippen LogP contribution in [0.15, 0.2) is 18.2 Å². The standard InChI is InChI=1S/C16H20N2O.ClH/c17-10-12-3-6-15(9-16(12)11-1-2-11)19-14-7-4-13(18)5-8-14;/h3,6,9,11,13-14H,1-2,4-5,7-8,18H2;1H. The number of nitrogens with two attached hydrogens (primary N) is 1. The van der Waals surface area contributed by atoms with E-state index >= 15 is 0 Å². The number of nitriles is 1. The monoisotopic (exact) mass is 292 g/mol. The van der Waals surface area contributed by atoms with Crippen LogP contribution in [-0.2, 0) is 0 Å². The van der Waals surface area contributed by atoms with Crippen LogP contribution in [0.2, 0.25) is 0 Å². The number of halogens is 1. The van der Waals surface area contributed by atoms with Crippen LogP contribution in [0.3, 0.4) is 0 Å². The summed E-state index contributed by atoms with van der Waals surface area (Å²) in [7, 11) is 0. The van der Waals surface area contributed by atoms with E-state index in [0.717, 1.165) is 37.0 Å². The summed E-state index contributed by atoms with van der Waals surface area (Å²) in [4.78, 5) is 0. The molecule has 0 heterocycles. The van der Waals surface area contributed by atoms with Crippen molar-refractivity contribution in [3.05, 3.63) is 29.3 Å². The summed E-state index contributed by atoms with van der Waals surface area (Å²) in [5.41, 5.74) is 7.89. The first-order chi connectivity index (χ1) is 9.26. The smallest absolute Gasteiger partial charge is 0.120 e. The van der Waals surface area contributed by atoms with Crippen molar-refractivity contribution in [1.82, 2.24) is 0 Å². The topological polar surface area (TPSA) is 59.0 Å². The first kappa shape index (κ1) is 15.2. The van der Waals surface area contributed by atoms with Crippen LogP contribution in [0.4, 0.5) is 0 Å². The maximum Gasteiger partial charge on any atom is 0.120 e. The Morgan fingerprint density at radius 2 is 1.80 bits per heavy atom.